The standard InChI is InChI=1S/C6H12NO2/c1-2-3-4-9-6(8)5-7/h7H,2-5H2,1H3. The molecule has 0 spiro atoms. The highest BCUT2D eigenvalue weighted by Crippen LogP contribution is 1.87. The largest absolute Gasteiger partial charge is 0.465 e. The van der Waals surface area contributed by atoms with Crippen LogP contribution in [0.3, 0.4) is 0 Å². The molecule has 0 aliphatic heterocycles. The van der Waals surface area contributed by atoms with Crippen LogP contribution in [0.1, 0.15) is 19.8 Å². The van der Waals surface area contributed by atoms with Crippen LogP contribution in [-0.2, 0) is 9.53 Å². The fourth-order valence-corrected chi connectivity index (χ4v) is 0.381. The Morgan fingerprint density at radius 1 is 1.67 bits per heavy atom. The number of hydrogen-bond donors (Lipinski definition) is 0. The summed E-state index contributed by atoms with van der Waals surface area (Å²) in [6.45, 7) is 2.23. The summed E-state index contributed by atoms with van der Waals surface area (Å²) in [7, 11) is 0. The number of ether oxygens (including phenoxy) is 1. The highest BCUT2D eigenvalue weighted by molar-refractivity contribution is 5.71. The van der Waals surface area contributed by atoms with Gasteiger partial charge in [-0.05, 0) is 6.42 Å². The Balaban J connectivity index is 2.97. The number of carbonyl (C=O) groups excluding carboxylic acids is 1. The Bertz CT molecular complexity index is 83.1. The van der Waals surface area contributed by atoms with Gasteiger partial charge in [0.2, 0.25) is 0 Å². The second-order valence-corrected chi connectivity index (χ2v) is 1.75. The summed E-state index contributed by atoms with van der Waals surface area (Å²) < 4.78 is 4.61. The summed E-state index contributed by atoms with van der Waals surface area (Å²) in [5.74, 6) is -0.427. The van der Waals surface area contributed by atoms with Gasteiger partial charge in [0, 0.05) is 0 Å². The number of rotatable bonds is 4. The molecule has 1 radical (unpaired) electrons. The monoisotopic (exact) mass is 130 g/mol. The Labute approximate surface area is 55.2 Å². The van der Waals surface area contributed by atoms with E-state index in [4.69, 9.17) is 5.73 Å². The van der Waals surface area contributed by atoms with E-state index in [0.29, 0.717) is 6.61 Å². The third-order valence-corrected chi connectivity index (χ3v) is 0.905. The molecule has 0 aromatic heterocycles. The minimum Gasteiger partial charge on any atom is -0.465 e. The summed E-state index contributed by atoms with van der Waals surface area (Å²) in [6, 6.07) is 0. The van der Waals surface area contributed by atoms with Crippen LogP contribution in [0.15, 0.2) is 0 Å². The molecule has 0 unspecified atom stereocenters. The number of hydrogen-bond acceptors (Lipinski definition) is 2. The zero-order chi connectivity index (χ0) is 7.11. The lowest BCUT2D eigenvalue weighted by Gasteiger charge is -1.98. The molecule has 0 saturated carbocycles. The molecule has 9 heavy (non-hydrogen) atoms. The fraction of sp³-hybridized carbons (Fsp3) is 0.833. The van der Waals surface area contributed by atoms with E-state index in [1.165, 1.54) is 0 Å². The fourth-order valence-electron chi connectivity index (χ4n) is 0.381. The molecule has 0 aliphatic carbocycles. The predicted molar refractivity (Wildman–Crippen MR) is 33.8 cm³/mol. The van der Waals surface area contributed by atoms with Gasteiger partial charge in [-0.1, -0.05) is 13.3 Å². The van der Waals surface area contributed by atoms with E-state index < -0.39 is 5.97 Å². The quantitative estimate of drug-likeness (QED) is 0.413. The Hall–Kier alpha value is -0.570. The van der Waals surface area contributed by atoms with Crippen LogP contribution in [0.4, 0.5) is 0 Å². The minimum atomic E-state index is -0.427. The smallest absolute Gasteiger partial charge is 0.321 e. The molecule has 0 aromatic rings. The third kappa shape index (κ3) is 5.30. The van der Waals surface area contributed by atoms with Crippen molar-refractivity contribution in [1.29, 1.82) is 0 Å². The van der Waals surface area contributed by atoms with Crippen molar-refractivity contribution in [3.63, 3.8) is 0 Å². The second kappa shape index (κ2) is 5.56. The van der Waals surface area contributed by atoms with Gasteiger partial charge in [0.25, 0.3) is 0 Å². The van der Waals surface area contributed by atoms with Gasteiger partial charge in [0.1, 0.15) is 6.54 Å². The van der Waals surface area contributed by atoms with Crippen molar-refractivity contribution in [1.82, 2.24) is 5.73 Å². The van der Waals surface area contributed by atoms with Gasteiger partial charge in [-0.25, -0.2) is 5.73 Å². The molecule has 3 nitrogen and oxygen atoms in total. The van der Waals surface area contributed by atoms with Crippen molar-refractivity contribution in [2.24, 2.45) is 0 Å². The lowest BCUT2D eigenvalue weighted by atomic mass is 10.4. The van der Waals surface area contributed by atoms with Crippen LogP contribution in [0.25, 0.3) is 0 Å². The number of unbranched alkanes of at least 4 members (excludes halogenated alkanes) is 1. The maximum atomic E-state index is 10.3. The van der Waals surface area contributed by atoms with Crippen LogP contribution in [0, 0.1) is 0 Å². The topological polar surface area (TPSA) is 50.1 Å². The maximum Gasteiger partial charge on any atom is 0.321 e. The van der Waals surface area contributed by atoms with E-state index in [1.807, 2.05) is 6.92 Å². The van der Waals surface area contributed by atoms with Crippen molar-refractivity contribution in [2.45, 2.75) is 19.8 Å². The number of carbonyl (C=O) groups is 1. The van der Waals surface area contributed by atoms with Gasteiger partial charge in [-0.2, -0.15) is 0 Å². The highest BCUT2D eigenvalue weighted by Gasteiger charge is 1.95. The molecule has 0 heterocycles. The van der Waals surface area contributed by atoms with Crippen molar-refractivity contribution < 1.29 is 9.53 Å². The van der Waals surface area contributed by atoms with E-state index in [2.05, 4.69) is 4.74 Å². The lowest BCUT2D eigenvalue weighted by molar-refractivity contribution is -0.142. The molecule has 0 amide bonds. The summed E-state index contributed by atoms with van der Waals surface area (Å²) in [4.78, 5) is 10.3. The second-order valence-electron chi connectivity index (χ2n) is 1.75. The molecule has 0 atom stereocenters. The van der Waals surface area contributed by atoms with E-state index in [9.17, 15) is 4.79 Å². The van der Waals surface area contributed by atoms with Gasteiger partial charge in [-0.3, -0.25) is 4.79 Å². The van der Waals surface area contributed by atoms with Crippen molar-refractivity contribution in [3.8, 4) is 0 Å². The van der Waals surface area contributed by atoms with Crippen molar-refractivity contribution >= 4 is 5.97 Å². The van der Waals surface area contributed by atoms with E-state index >= 15 is 0 Å². The van der Waals surface area contributed by atoms with Crippen molar-refractivity contribution in [2.75, 3.05) is 13.2 Å². The van der Waals surface area contributed by atoms with E-state index in [0.717, 1.165) is 12.8 Å². The van der Waals surface area contributed by atoms with Gasteiger partial charge < -0.3 is 4.74 Å². The molecule has 53 valence electrons. The van der Waals surface area contributed by atoms with E-state index in [-0.39, 0.29) is 6.54 Å². The average Bonchev–Trinajstić information content (AvgIpc) is 1.89. The summed E-state index contributed by atoms with van der Waals surface area (Å²) >= 11 is 0. The van der Waals surface area contributed by atoms with Crippen LogP contribution in [-0.4, -0.2) is 19.1 Å². The first-order valence-electron chi connectivity index (χ1n) is 3.11. The number of nitrogens with one attached hydrogen (secondary N) is 1. The Morgan fingerprint density at radius 3 is 2.78 bits per heavy atom. The molecule has 0 fully saturated rings. The molecule has 0 aromatic carbocycles. The first kappa shape index (κ1) is 8.43. The molecular weight excluding hydrogens is 118 g/mol. The lowest BCUT2D eigenvalue weighted by Crippen LogP contribution is -2.10. The zero-order valence-electron chi connectivity index (χ0n) is 5.64. The summed E-state index contributed by atoms with van der Waals surface area (Å²) in [5, 5.41) is 0. The first-order valence-corrected chi connectivity index (χ1v) is 3.11. The molecule has 0 bridgehead atoms. The molecular formula is C6H12NO2. The van der Waals surface area contributed by atoms with Crippen LogP contribution in [0.2, 0.25) is 0 Å². The van der Waals surface area contributed by atoms with Gasteiger partial charge in [-0.15, -0.1) is 0 Å². The van der Waals surface area contributed by atoms with Gasteiger partial charge >= 0.3 is 5.97 Å². The minimum absolute atomic E-state index is 0.260. The van der Waals surface area contributed by atoms with Crippen LogP contribution < -0.4 is 5.73 Å². The molecule has 0 aliphatic rings. The molecule has 0 saturated heterocycles. The van der Waals surface area contributed by atoms with Gasteiger partial charge in [0.05, 0.1) is 6.61 Å². The highest BCUT2D eigenvalue weighted by atomic mass is 16.5. The first-order chi connectivity index (χ1) is 4.31. The van der Waals surface area contributed by atoms with Crippen molar-refractivity contribution in [3.05, 3.63) is 0 Å². The predicted octanol–water partition coefficient (Wildman–Crippen LogP) is 0.613. The summed E-state index contributed by atoms with van der Waals surface area (Å²) in [5.41, 5.74) is 6.57. The van der Waals surface area contributed by atoms with E-state index in [1.54, 1.807) is 0 Å². The zero-order valence-corrected chi connectivity index (χ0v) is 5.64. The molecule has 0 rings (SSSR count). The maximum absolute atomic E-state index is 10.3. The number of esters is 1. The SMILES string of the molecule is CCCCOC(=O)C[NH]. The average molecular weight is 130 g/mol. The molecule has 1 N–H and O–H groups in total. The van der Waals surface area contributed by atoms with Crippen LogP contribution >= 0.6 is 0 Å². The third-order valence-electron chi connectivity index (χ3n) is 0.905. The Morgan fingerprint density at radius 2 is 2.33 bits per heavy atom. The molecule has 3 heteroatoms. The normalized spacial score (nSPS) is 9.11. The summed E-state index contributed by atoms with van der Waals surface area (Å²) in [6.07, 6.45) is 1.91. The van der Waals surface area contributed by atoms with Gasteiger partial charge in [0.15, 0.2) is 0 Å². The van der Waals surface area contributed by atoms with Crippen LogP contribution in [0.5, 0.6) is 0 Å². The Kier molecular flexibility index (Phi) is 5.21.